The highest BCUT2D eigenvalue weighted by Crippen LogP contribution is 2.32. The number of sulfone groups is 1. The first-order valence-electron chi connectivity index (χ1n) is 8.61. The van der Waals surface area contributed by atoms with E-state index in [1.165, 1.54) is 30.3 Å². The normalized spacial score (nSPS) is 16.3. The minimum atomic E-state index is -3.83. The van der Waals surface area contributed by atoms with Crippen molar-refractivity contribution in [1.82, 2.24) is 10.6 Å². The number of ether oxygens (including phenoxy) is 1. The van der Waals surface area contributed by atoms with Crippen LogP contribution in [0.1, 0.15) is 12.0 Å². The van der Waals surface area contributed by atoms with E-state index in [1.54, 1.807) is 13.1 Å². The monoisotopic (exact) mass is 392 g/mol. The summed E-state index contributed by atoms with van der Waals surface area (Å²) in [6.45, 7) is 0.672. The van der Waals surface area contributed by atoms with Gasteiger partial charge >= 0.3 is 0 Å². The number of hydrogen-bond donors (Lipinski definition) is 2. The molecule has 27 heavy (non-hydrogen) atoms. The minimum Gasteiger partial charge on any atom is -0.489 e. The summed E-state index contributed by atoms with van der Waals surface area (Å²) in [6.07, 6.45) is 1.36. The van der Waals surface area contributed by atoms with E-state index < -0.39 is 15.7 Å². The summed E-state index contributed by atoms with van der Waals surface area (Å²) in [5.41, 5.74) is 0.927. The fourth-order valence-corrected chi connectivity index (χ4v) is 4.23. The lowest BCUT2D eigenvalue weighted by Gasteiger charge is -2.26. The molecular formula is C19H21FN2O4S. The predicted octanol–water partition coefficient (Wildman–Crippen LogP) is 1.69. The van der Waals surface area contributed by atoms with E-state index in [4.69, 9.17) is 4.74 Å². The summed E-state index contributed by atoms with van der Waals surface area (Å²) < 4.78 is 44.8. The van der Waals surface area contributed by atoms with E-state index in [-0.39, 0.29) is 28.3 Å². The SMILES string of the molecule is CNC(=O)CNC[C@H]1CCc2ccc(S(=O)(=O)c3cccc(F)c3)cc2O1. The molecule has 1 aliphatic heterocycles. The topological polar surface area (TPSA) is 84.5 Å². The number of halogens is 1. The summed E-state index contributed by atoms with van der Waals surface area (Å²) in [4.78, 5) is 11.2. The lowest BCUT2D eigenvalue weighted by atomic mass is 10.0. The zero-order chi connectivity index (χ0) is 19.4. The van der Waals surface area contributed by atoms with E-state index in [2.05, 4.69) is 10.6 Å². The highest BCUT2D eigenvalue weighted by atomic mass is 32.2. The Bertz CT molecular complexity index is 946. The molecule has 1 aliphatic rings. The molecule has 0 saturated carbocycles. The van der Waals surface area contributed by atoms with Gasteiger partial charge in [-0.2, -0.15) is 0 Å². The first kappa shape index (κ1) is 19.3. The molecule has 0 radical (unpaired) electrons. The Hall–Kier alpha value is -2.45. The number of hydrogen-bond acceptors (Lipinski definition) is 5. The number of fused-ring (bicyclic) bond motifs is 1. The van der Waals surface area contributed by atoms with Crippen molar-refractivity contribution < 1.29 is 22.3 Å². The molecule has 2 aromatic carbocycles. The van der Waals surface area contributed by atoms with Gasteiger partial charge in [-0.25, -0.2) is 12.8 Å². The smallest absolute Gasteiger partial charge is 0.233 e. The third-order valence-corrected chi connectivity index (χ3v) is 6.17. The number of aryl methyl sites for hydroxylation is 1. The molecule has 0 aliphatic carbocycles. The third-order valence-electron chi connectivity index (χ3n) is 4.42. The van der Waals surface area contributed by atoms with Crippen molar-refractivity contribution in [3.05, 3.63) is 53.8 Å². The van der Waals surface area contributed by atoms with Gasteiger partial charge in [0.15, 0.2) is 0 Å². The second kappa shape index (κ2) is 8.06. The van der Waals surface area contributed by atoms with Crippen LogP contribution < -0.4 is 15.4 Å². The van der Waals surface area contributed by atoms with Gasteiger partial charge in [0.1, 0.15) is 17.7 Å². The molecule has 3 rings (SSSR count). The fraction of sp³-hybridized carbons (Fsp3) is 0.316. The Morgan fingerprint density at radius 1 is 1.22 bits per heavy atom. The molecule has 1 amide bonds. The second-order valence-corrected chi connectivity index (χ2v) is 8.26. The molecule has 0 fully saturated rings. The van der Waals surface area contributed by atoms with Crippen LogP contribution in [0, 0.1) is 5.82 Å². The summed E-state index contributed by atoms with van der Waals surface area (Å²) in [6, 6.07) is 9.67. The summed E-state index contributed by atoms with van der Waals surface area (Å²) >= 11 is 0. The van der Waals surface area contributed by atoms with Crippen molar-refractivity contribution in [1.29, 1.82) is 0 Å². The van der Waals surface area contributed by atoms with Crippen LogP contribution in [0.15, 0.2) is 52.3 Å². The Morgan fingerprint density at radius 3 is 2.74 bits per heavy atom. The van der Waals surface area contributed by atoms with Crippen LogP contribution in [-0.4, -0.2) is 40.6 Å². The lowest BCUT2D eigenvalue weighted by molar-refractivity contribution is -0.119. The fourth-order valence-electron chi connectivity index (χ4n) is 2.92. The van der Waals surface area contributed by atoms with Crippen molar-refractivity contribution in [3.8, 4) is 5.75 Å². The van der Waals surface area contributed by atoms with Crippen molar-refractivity contribution in [2.45, 2.75) is 28.7 Å². The maximum absolute atomic E-state index is 13.4. The lowest BCUT2D eigenvalue weighted by Crippen LogP contribution is -2.39. The van der Waals surface area contributed by atoms with E-state index >= 15 is 0 Å². The van der Waals surface area contributed by atoms with Crippen LogP contribution in [0.2, 0.25) is 0 Å². The number of benzene rings is 2. The number of carbonyl (C=O) groups excluding carboxylic acids is 1. The third kappa shape index (κ3) is 4.45. The first-order valence-corrected chi connectivity index (χ1v) is 10.1. The standard InChI is InChI=1S/C19H21FN2O4S/c1-21-19(23)12-22-11-15-7-5-13-6-8-17(10-18(13)26-15)27(24,25)16-4-2-3-14(20)9-16/h2-4,6,8-10,15,22H,5,7,11-12H2,1H3,(H,21,23)/t15-/m1/s1. The Kier molecular flexibility index (Phi) is 5.76. The van der Waals surface area contributed by atoms with E-state index in [0.717, 1.165) is 24.5 Å². The first-order chi connectivity index (χ1) is 12.9. The molecular weight excluding hydrogens is 371 g/mol. The van der Waals surface area contributed by atoms with E-state index in [0.29, 0.717) is 12.3 Å². The van der Waals surface area contributed by atoms with Gasteiger partial charge in [-0.1, -0.05) is 12.1 Å². The molecule has 6 nitrogen and oxygen atoms in total. The van der Waals surface area contributed by atoms with Crippen LogP contribution in [0.25, 0.3) is 0 Å². The quantitative estimate of drug-likeness (QED) is 0.782. The van der Waals surface area contributed by atoms with Gasteiger partial charge in [0, 0.05) is 13.6 Å². The van der Waals surface area contributed by atoms with Gasteiger partial charge in [-0.15, -0.1) is 0 Å². The minimum absolute atomic E-state index is 0.0609. The Balaban J connectivity index is 1.77. The molecule has 1 atom stereocenters. The van der Waals surface area contributed by atoms with Gasteiger partial charge in [0.05, 0.1) is 16.3 Å². The Morgan fingerprint density at radius 2 is 2.00 bits per heavy atom. The summed E-state index contributed by atoms with van der Waals surface area (Å²) in [7, 11) is -2.27. The molecule has 0 saturated heterocycles. The Labute approximate surface area is 157 Å². The molecule has 1 heterocycles. The van der Waals surface area contributed by atoms with Crippen molar-refractivity contribution in [2.24, 2.45) is 0 Å². The largest absolute Gasteiger partial charge is 0.489 e. The van der Waals surface area contributed by atoms with Crippen LogP contribution in [0.4, 0.5) is 4.39 Å². The maximum Gasteiger partial charge on any atom is 0.233 e. The highest BCUT2D eigenvalue weighted by Gasteiger charge is 2.24. The number of rotatable bonds is 6. The zero-order valence-corrected chi connectivity index (χ0v) is 15.7. The van der Waals surface area contributed by atoms with Crippen molar-refractivity contribution in [2.75, 3.05) is 20.1 Å². The van der Waals surface area contributed by atoms with Crippen LogP contribution in [0.3, 0.4) is 0 Å². The predicted molar refractivity (Wildman–Crippen MR) is 98.0 cm³/mol. The average Bonchev–Trinajstić information content (AvgIpc) is 2.67. The van der Waals surface area contributed by atoms with Gasteiger partial charge in [0.25, 0.3) is 0 Å². The molecule has 8 heteroatoms. The average molecular weight is 392 g/mol. The maximum atomic E-state index is 13.4. The molecule has 2 N–H and O–H groups in total. The van der Waals surface area contributed by atoms with Gasteiger partial charge in [-0.3, -0.25) is 4.79 Å². The van der Waals surface area contributed by atoms with Crippen molar-refractivity contribution >= 4 is 15.7 Å². The van der Waals surface area contributed by atoms with Crippen LogP contribution in [0.5, 0.6) is 5.75 Å². The molecule has 0 aromatic heterocycles. The molecule has 0 spiro atoms. The van der Waals surface area contributed by atoms with E-state index in [9.17, 15) is 17.6 Å². The molecule has 0 bridgehead atoms. The van der Waals surface area contributed by atoms with Gasteiger partial charge in [0.2, 0.25) is 15.7 Å². The summed E-state index contributed by atoms with van der Waals surface area (Å²) in [5, 5.41) is 5.54. The number of carbonyl (C=O) groups is 1. The van der Waals surface area contributed by atoms with E-state index in [1.807, 2.05) is 0 Å². The number of likely N-dealkylation sites (N-methyl/N-ethyl adjacent to an activating group) is 1. The second-order valence-electron chi connectivity index (χ2n) is 6.31. The summed E-state index contributed by atoms with van der Waals surface area (Å²) in [5.74, 6) is -0.215. The number of amides is 1. The van der Waals surface area contributed by atoms with Gasteiger partial charge in [-0.05, 0) is 48.7 Å². The van der Waals surface area contributed by atoms with Crippen LogP contribution >= 0.6 is 0 Å². The molecule has 2 aromatic rings. The molecule has 144 valence electrons. The number of nitrogens with one attached hydrogen (secondary N) is 2. The van der Waals surface area contributed by atoms with Gasteiger partial charge < -0.3 is 15.4 Å². The molecule has 0 unspecified atom stereocenters. The van der Waals surface area contributed by atoms with Crippen molar-refractivity contribution in [3.63, 3.8) is 0 Å². The van der Waals surface area contributed by atoms with Crippen LogP contribution in [-0.2, 0) is 21.1 Å². The highest BCUT2D eigenvalue weighted by molar-refractivity contribution is 7.91. The zero-order valence-electron chi connectivity index (χ0n) is 14.9.